The Morgan fingerprint density at radius 2 is 1.93 bits per heavy atom. The first-order chi connectivity index (χ1) is 12.7. The summed E-state index contributed by atoms with van der Waals surface area (Å²) in [5.41, 5.74) is -0.618. The summed E-state index contributed by atoms with van der Waals surface area (Å²) in [6, 6.07) is 2.82. The Bertz CT molecular complexity index is 716. The standard InChI is InChI=1S/C18H25ClN4O4/c1-18(2,3)27-17(25)20-13-4-5-23(16(13)24)15-11-12(19)10-14(21-15)22-6-8-26-9-7-22/h10-11,13H,4-9H2,1-3H3,(H,20,25)/t13-/m0/s1. The molecule has 0 unspecified atom stereocenters. The number of carbonyl (C=O) groups excluding carboxylic acids is 2. The smallest absolute Gasteiger partial charge is 0.408 e. The van der Waals surface area contributed by atoms with Gasteiger partial charge in [0.25, 0.3) is 5.91 Å². The lowest BCUT2D eigenvalue weighted by Crippen LogP contribution is -2.44. The van der Waals surface area contributed by atoms with E-state index in [2.05, 4.69) is 15.2 Å². The first-order valence-electron chi connectivity index (χ1n) is 9.04. The van der Waals surface area contributed by atoms with E-state index in [9.17, 15) is 9.59 Å². The highest BCUT2D eigenvalue weighted by Gasteiger charge is 2.35. The summed E-state index contributed by atoms with van der Waals surface area (Å²) in [5, 5.41) is 3.15. The number of alkyl carbamates (subject to hydrolysis) is 1. The number of hydrogen-bond donors (Lipinski definition) is 1. The Morgan fingerprint density at radius 1 is 1.26 bits per heavy atom. The quantitative estimate of drug-likeness (QED) is 0.843. The van der Waals surface area contributed by atoms with E-state index in [1.807, 2.05) is 0 Å². The van der Waals surface area contributed by atoms with E-state index in [0.717, 1.165) is 18.9 Å². The molecule has 9 heteroatoms. The van der Waals surface area contributed by atoms with Gasteiger partial charge in [0.05, 0.1) is 13.2 Å². The van der Waals surface area contributed by atoms with Gasteiger partial charge in [0.1, 0.15) is 23.3 Å². The Kier molecular flexibility index (Phi) is 5.76. The molecule has 2 saturated heterocycles. The molecule has 2 aliphatic rings. The van der Waals surface area contributed by atoms with Gasteiger partial charge in [-0.2, -0.15) is 0 Å². The molecule has 1 atom stereocenters. The Morgan fingerprint density at radius 3 is 2.59 bits per heavy atom. The highest BCUT2D eigenvalue weighted by molar-refractivity contribution is 6.31. The van der Waals surface area contributed by atoms with Gasteiger partial charge in [-0.25, -0.2) is 9.78 Å². The van der Waals surface area contributed by atoms with Crippen molar-refractivity contribution < 1.29 is 19.1 Å². The van der Waals surface area contributed by atoms with E-state index >= 15 is 0 Å². The highest BCUT2D eigenvalue weighted by Crippen LogP contribution is 2.27. The molecule has 2 aliphatic heterocycles. The molecule has 0 saturated carbocycles. The van der Waals surface area contributed by atoms with Gasteiger partial charge in [0.15, 0.2) is 0 Å². The van der Waals surface area contributed by atoms with Crippen molar-refractivity contribution in [3.63, 3.8) is 0 Å². The molecule has 27 heavy (non-hydrogen) atoms. The number of halogens is 1. The molecule has 0 spiro atoms. The number of rotatable bonds is 3. The highest BCUT2D eigenvalue weighted by atomic mass is 35.5. The average Bonchev–Trinajstić information content (AvgIpc) is 2.94. The summed E-state index contributed by atoms with van der Waals surface area (Å²) in [5.74, 6) is 0.989. The van der Waals surface area contributed by atoms with Crippen molar-refractivity contribution in [3.8, 4) is 0 Å². The predicted octanol–water partition coefficient (Wildman–Crippen LogP) is 2.20. The molecule has 1 N–H and O–H groups in total. The fourth-order valence-corrected chi connectivity index (χ4v) is 3.25. The molecule has 8 nitrogen and oxygen atoms in total. The fraction of sp³-hybridized carbons (Fsp3) is 0.611. The number of pyridine rings is 1. The van der Waals surface area contributed by atoms with Crippen LogP contribution in [-0.4, -0.2) is 61.5 Å². The van der Waals surface area contributed by atoms with Gasteiger partial charge in [-0.1, -0.05) is 11.6 Å². The minimum absolute atomic E-state index is 0.219. The number of anilines is 2. The molecule has 2 fully saturated rings. The van der Waals surface area contributed by atoms with Crippen LogP contribution in [0.15, 0.2) is 12.1 Å². The van der Waals surface area contributed by atoms with Crippen LogP contribution < -0.4 is 15.1 Å². The van der Waals surface area contributed by atoms with Crippen molar-refractivity contribution in [2.45, 2.75) is 38.8 Å². The minimum atomic E-state index is -0.632. The number of carbonyl (C=O) groups is 2. The van der Waals surface area contributed by atoms with Crippen molar-refractivity contribution in [3.05, 3.63) is 17.2 Å². The Hall–Kier alpha value is -2.06. The Labute approximate surface area is 163 Å². The molecule has 3 heterocycles. The van der Waals surface area contributed by atoms with E-state index in [0.29, 0.717) is 37.0 Å². The molecule has 2 amide bonds. The number of nitrogens with zero attached hydrogens (tertiary/aromatic N) is 3. The third-order valence-electron chi connectivity index (χ3n) is 4.27. The summed E-state index contributed by atoms with van der Waals surface area (Å²) in [6.45, 7) is 8.50. The van der Waals surface area contributed by atoms with Gasteiger partial charge < -0.3 is 19.7 Å². The molecule has 1 aromatic rings. The maximum Gasteiger partial charge on any atom is 0.408 e. The molecule has 0 aromatic carbocycles. The number of ether oxygens (including phenoxy) is 2. The number of amides is 2. The van der Waals surface area contributed by atoms with Crippen molar-refractivity contribution in [2.24, 2.45) is 0 Å². The van der Waals surface area contributed by atoms with Crippen LogP contribution in [0.4, 0.5) is 16.4 Å². The van der Waals surface area contributed by atoms with Gasteiger partial charge in [0, 0.05) is 24.7 Å². The molecular weight excluding hydrogens is 372 g/mol. The normalized spacial score (nSPS) is 20.7. The summed E-state index contributed by atoms with van der Waals surface area (Å²) < 4.78 is 10.6. The monoisotopic (exact) mass is 396 g/mol. The van der Waals surface area contributed by atoms with Gasteiger partial charge >= 0.3 is 6.09 Å². The topological polar surface area (TPSA) is 84.0 Å². The lowest BCUT2D eigenvalue weighted by Gasteiger charge is -2.29. The molecule has 148 valence electrons. The van der Waals surface area contributed by atoms with Gasteiger partial charge in [0.2, 0.25) is 0 Å². The van der Waals surface area contributed by atoms with Gasteiger partial charge in [-0.3, -0.25) is 9.69 Å². The maximum absolute atomic E-state index is 12.7. The predicted molar refractivity (Wildman–Crippen MR) is 102 cm³/mol. The van der Waals surface area contributed by atoms with Crippen molar-refractivity contribution in [2.75, 3.05) is 42.6 Å². The van der Waals surface area contributed by atoms with Crippen LogP contribution in [0, 0.1) is 0 Å². The van der Waals surface area contributed by atoms with E-state index in [4.69, 9.17) is 21.1 Å². The lowest BCUT2D eigenvalue weighted by molar-refractivity contribution is -0.118. The van der Waals surface area contributed by atoms with Crippen LogP contribution in [0.3, 0.4) is 0 Å². The first kappa shape index (κ1) is 19.7. The Balaban J connectivity index is 1.71. The van der Waals surface area contributed by atoms with Crippen LogP contribution >= 0.6 is 11.6 Å². The number of nitrogens with one attached hydrogen (secondary N) is 1. The zero-order valence-electron chi connectivity index (χ0n) is 15.8. The van der Waals surface area contributed by atoms with E-state index < -0.39 is 17.7 Å². The van der Waals surface area contributed by atoms with Crippen LogP contribution in [0.5, 0.6) is 0 Å². The second-order valence-corrected chi connectivity index (χ2v) is 8.01. The minimum Gasteiger partial charge on any atom is -0.444 e. The van der Waals surface area contributed by atoms with Gasteiger partial charge in [-0.15, -0.1) is 0 Å². The van der Waals surface area contributed by atoms with Crippen LogP contribution in [0.25, 0.3) is 0 Å². The second kappa shape index (κ2) is 7.90. The largest absolute Gasteiger partial charge is 0.444 e. The first-order valence-corrected chi connectivity index (χ1v) is 9.42. The summed E-state index contributed by atoms with van der Waals surface area (Å²) in [4.78, 5) is 32.9. The number of aromatic nitrogens is 1. The maximum atomic E-state index is 12.7. The van der Waals surface area contributed by atoms with Crippen molar-refractivity contribution in [1.29, 1.82) is 0 Å². The molecule has 3 rings (SSSR count). The van der Waals surface area contributed by atoms with E-state index in [1.165, 1.54) is 0 Å². The van der Waals surface area contributed by atoms with Crippen molar-refractivity contribution in [1.82, 2.24) is 10.3 Å². The molecule has 0 radical (unpaired) electrons. The fourth-order valence-electron chi connectivity index (χ4n) is 3.05. The molecule has 0 bridgehead atoms. The SMILES string of the molecule is CC(C)(C)OC(=O)N[C@H]1CCN(c2cc(Cl)cc(N3CCOCC3)n2)C1=O. The zero-order chi connectivity index (χ0) is 19.6. The molecule has 0 aliphatic carbocycles. The lowest BCUT2D eigenvalue weighted by atomic mass is 10.2. The third kappa shape index (κ3) is 5.01. The summed E-state index contributed by atoms with van der Waals surface area (Å²) >= 11 is 6.26. The van der Waals surface area contributed by atoms with Crippen molar-refractivity contribution >= 4 is 35.2 Å². The molecule has 1 aromatic heterocycles. The zero-order valence-corrected chi connectivity index (χ0v) is 16.6. The van der Waals surface area contributed by atoms with E-state index in [-0.39, 0.29) is 5.91 Å². The molecular formula is C18H25ClN4O4. The van der Waals surface area contributed by atoms with Gasteiger partial charge in [-0.05, 0) is 39.3 Å². The second-order valence-electron chi connectivity index (χ2n) is 7.58. The summed E-state index contributed by atoms with van der Waals surface area (Å²) in [6.07, 6.45) is -0.116. The third-order valence-corrected chi connectivity index (χ3v) is 4.49. The number of hydrogen-bond acceptors (Lipinski definition) is 6. The summed E-state index contributed by atoms with van der Waals surface area (Å²) in [7, 11) is 0. The number of morpholine rings is 1. The van der Waals surface area contributed by atoms with Crippen LogP contribution in [0.2, 0.25) is 5.02 Å². The average molecular weight is 397 g/mol. The van der Waals surface area contributed by atoms with E-state index in [1.54, 1.807) is 37.8 Å². The van der Waals surface area contributed by atoms with Crippen LogP contribution in [0.1, 0.15) is 27.2 Å². The van der Waals surface area contributed by atoms with Crippen LogP contribution in [-0.2, 0) is 14.3 Å².